The predicted octanol–water partition coefficient (Wildman–Crippen LogP) is 1.14. The molecule has 0 bridgehead atoms. The molecule has 7 heteroatoms. The van der Waals surface area contributed by atoms with Crippen LogP contribution in [0.2, 0.25) is 0 Å². The summed E-state index contributed by atoms with van der Waals surface area (Å²) in [5.74, 6) is -0.0375. The molecule has 0 aliphatic carbocycles. The van der Waals surface area contributed by atoms with E-state index in [1.165, 1.54) is 11.3 Å². The largest absolute Gasteiger partial charge is 0.356 e. The molecule has 108 valence electrons. The van der Waals surface area contributed by atoms with Gasteiger partial charge in [0, 0.05) is 19.5 Å². The third-order valence-corrected chi connectivity index (χ3v) is 3.18. The fourth-order valence-electron chi connectivity index (χ4n) is 1.36. The Morgan fingerprint density at radius 1 is 1.21 bits per heavy atom. The first-order valence-electron chi connectivity index (χ1n) is 6.02. The predicted molar refractivity (Wildman–Crippen MR) is 79.8 cm³/mol. The zero-order chi connectivity index (χ0) is 13.2. The van der Waals surface area contributed by atoms with Crippen LogP contribution in [0.5, 0.6) is 0 Å². The summed E-state index contributed by atoms with van der Waals surface area (Å²) in [5, 5.41) is 7.45. The highest BCUT2D eigenvalue weighted by atomic mass is 35.5. The smallest absolute Gasteiger partial charge is 0.261 e. The average Bonchev–Trinajstić information content (AvgIpc) is 2.89. The van der Waals surface area contributed by atoms with Gasteiger partial charge in [-0.1, -0.05) is 6.07 Å². The van der Waals surface area contributed by atoms with Crippen LogP contribution in [0.4, 0.5) is 0 Å². The summed E-state index contributed by atoms with van der Waals surface area (Å²) in [6, 6.07) is 3.63. The normalized spacial score (nSPS) is 9.53. The van der Waals surface area contributed by atoms with E-state index in [2.05, 4.69) is 10.6 Å². The van der Waals surface area contributed by atoms with Crippen molar-refractivity contribution in [1.82, 2.24) is 10.6 Å². The van der Waals surface area contributed by atoms with Crippen molar-refractivity contribution < 1.29 is 9.59 Å². The molecule has 0 atom stereocenters. The van der Waals surface area contributed by atoms with E-state index in [0.29, 0.717) is 37.4 Å². The van der Waals surface area contributed by atoms with Gasteiger partial charge in [0.15, 0.2) is 0 Å². The van der Waals surface area contributed by atoms with Crippen LogP contribution < -0.4 is 16.4 Å². The number of nitrogens with two attached hydrogens (primary N) is 1. The van der Waals surface area contributed by atoms with E-state index < -0.39 is 0 Å². The number of halogens is 1. The lowest BCUT2D eigenvalue weighted by molar-refractivity contribution is -0.121. The Balaban J connectivity index is 0.00000324. The Bertz CT molecular complexity index is 371. The van der Waals surface area contributed by atoms with E-state index in [9.17, 15) is 9.59 Å². The number of carbonyl (C=O) groups excluding carboxylic acids is 2. The summed E-state index contributed by atoms with van der Waals surface area (Å²) in [6.07, 6.45) is 1.91. The Morgan fingerprint density at radius 2 is 1.95 bits per heavy atom. The van der Waals surface area contributed by atoms with Gasteiger partial charge in [0.25, 0.3) is 5.91 Å². The molecular weight excluding hydrogens is 286 g/mol. The highest BCUT2D eigenvalue weighted by Gasteiger charge is 2.04. The van der Waals surface area contributed by atoms with Gasteiger partial charge in [0.1, 0.15) is 0 Å². The Morgan fingerprint density at radius 3 is 2.58 bits per heavy atom. The monoisotopic (exact) mass is 305 g/mol. The van der Waals surface area contributed by atoms with Gasteiger partial charge in [-0.25, -0.2) is 0 Å². The second kappa shape index (κ2) is 10.8. The molecule has 4 N–H and O–H groups in total. The van der Waals surface area contributed by atoms with Gasteiger partial charge in [-0.05, 0) is 30.8 Å². The lowest BCUT2D eigenvalue weighted by Gasteiger charge is -2.05. The molecule has 1 rings (SSSR count). The van der Waals surface area contributed by atoms with E-state index in [-0.39, 0.29) is 24.2 Å². The van der Waals surface area contributed by atoms with E-state index in [0.717, 1.165) is 6.42 Å². The zero-order valence-electron chi connectivity index (χ0n) is 10.7. The molecule has 19 heavy (non-hydrogen) atoms. The van der Waals surface area contributed by atoms with Crippen molar-refractivity contribution in [1.29, 1.82) is 0 Å². The number of nitrogens with one attached hydrogen (secondary N) is 2. The van der Waals surface area contributed by atoms with E-state index in [1.54, 1.807) is 6.07 Å². The van der Waals surface area contributed by atoms with Gasteiger partial charge in [0.2, 0.25) is 5.91 Å². The van der Waals surface area contributed by atoms with E-state index in [1.807, 2.05) is 11.4 Å². The summed E-state index contributed by atoms with van der Waals surface area (Å²) in [4.78, 5) is 23.5. The van der Waals surface area contributed by atoms with Crippen LogP contribution in [-0.4, -0.2) is 31.4 Å². The second-order valence-corrected chi connectivity index (χ2v) is 4.78. The van der Waals surface area contributed by atoms with Crippen LogP contribution in [-0.2, 0) is 4.79 Å². The van der Waals surface area contributed by atoms with Crippen molar-refractivity contribution in [3.8, 4) is 0 Å². The quantitative estimate of drug-likeness (QED) is 0.630. The molecule has 0 saturated heterocycles. The van der Waals surface area contributed by atoms with Gasteiger partial charge >= 0.3 is 0 Å². The molecule has 1 aromatic heterocycles. The first-order chi connectivity index (χ1) is 8.74. The van der Waals surface area contributed by atoms with Gasteiger partial charge in [0.05, 0.1) is 4.88 Å². The second-order valence-electron chi connectivity index (χ2n) is 3.83. The Hall–Kier alpha value is -1.11. The van der Waals surface area contributed by atoms with Gasteiger partial charge in [-0.2, -0.15) is 0 Å². The van der Waals surface area contributed by atoms with Gasteiger partial charge < -0.3 is 16.4 Å². The fourth-order valence-corrected chi connectivity index (χ4v) is 2.00. The topological polar surface area (TPSA) is 84.2 Å². The molecular formula is C12H20ClN3O2S. The lowest BCUT2D eigenvalue weighted by Crippen LogP contribution is -2.29. The number of carbonyl (C=O) groups is 2. The molecule has 0 aliphatic heterocycles. The zero-order valence-corrected chi connectivity index (χ0v) is 12.3. The van der Waals surface area contributed by atoms with Crippen molar-refractivity contribution in [3.63, 3.8) is 0 Å². The molecule has 0 aromatic carbocycles. The van der Waals surface area contributed by atoms with Gasteiger partial charge in [-0.3, -0.25) is 9.59 Å². The third-order valence-electron chi connectivity index (χ3n) is 2.31. The standard InChI is InChI=1S/C12H19N3O2S.ClH/c13-6-1-5-11(16)14-7-3-8-15-12(17)10-4-2-9-18-10;/h2,4,9H,1,3,5-8,13H2,(H,14,16)(H,15,17);1H. The van der Waals surface area contributed by atoms with Crippen LogP contribution in [0.3, 0.4) is 0 Å². The van der Waals surface area contributed by atoms with E-state index >= 15 is 0 Å². The summed E-state index contributed by atoms with van der Waals surface area (Å²) < 4.78 is 0. The van der Waals surface area contributed by atoms with Crippen LogP contribution in [0.25, 0.3) is 0 Å². The number of hydrogen-bond donors (Lipinski definition) is 3. The molecule has 0 aliphatic rings. The van der Waals surface area contributed by atoms with Crippen molar-refractivity contribution in [3.05, 3.63) is 22.4 Å². The van der Waals surface area contributed by atoms with Crippen LogP contribution in [0.15, 0.2) is 17.5 Å². The maximum atomic E-state index is 11.5. The first-order valence-corrected chi connectivity index (χ1v) is 6.90. The van der Waals surface area contributed by atoms with Crippen molar-refractivity contribution in [2.24, 2.45) is 5.73 Å². The molecule has 0 saturated carbocycles. The molecule has 0 fully saturated rings. The highest BCUT2D eigenvalue weighted by Crippen LogP contribution is 2.07. The summed E-state index contributed by atoms with van der Waals surface area (Å²) in [6.45, 7) is 1.67. The lowest BCUT2D eigenvalue weighted by atomic mass is 10.3. The minimum Gasteiger partial charge on any atom is -0.356 e. The Labute approximate surface area is 123 Å². The van der Waals surface area contributed by atoms with E-state index in [4.69, 9.17) is 5.73 Å². The minimum absolute atomic E-state index is 0. The molecule has 1 heterocycles. The molecule has 0 unspecified atom stereocenters. The summed E-state index contributed by atoms with van der Waals surface area (Å²) in [7, 11) is 0. The van der Waals surface area contributed by atoms with Crippen LogP contribution in [0, 0.1) is 0 Å². The molecule has 5 nitrogen and oxygen atoms in total. The number of amides is 2. The molecule has 0 spiro atoms. The maximum Gasteiger partial charge on any atom is 0.261 e. The number of thiophene rings is 1. The fraction of sp³-hybridized carbons (Fsp3) is 0.500. The highest BCUT2D eigenvalue weighted by molar-refractivity contribution is 7.12. The van der Waals surface area contributed by atoms with Crippen molar-refractivity contribution in [2.75, 3.05) is 19.6 Å². The average molecular weight is 306 g/mol. The van der Waals surface area contributed by atoms with Crippen molar-refractivity contribution in [2.45, 2.75) is 19.3 Å². The van der Waals surface area contributed by atoms with Crippen LogP contribution in [0.1, 0.15) is 28.9 Å². The summed E-state index contributed by atoms with van der Waals surface area (Å²) in [5.41, 5.74) is 5.31. The van der Waals surface area contributed by atoms with Crippen LogP contribution >= 0.6 is 23.7 Å². The number of hydrogen-bond acceptors (Lipinski definition) is 4. The SMILES string of the molecule is Cl.NCCCC(=O)NCCCNC(=O)c1cccs1. The summed E-state index contributed by atoms with van der Waals surface area (Å²) >= 11 is 1.42. The first kappa shape index (κ1) is 17.9. The van der Waals surface area contributed by atoms with Crippen molar-refractivity contribution >= 4 is 35.6 Å². The maximum absolute atomic E-state index is 11.5. The number of rotatable bonds is 8. The van der Waals surface area contributed by atoms with Gasteiger partial charge in [-0.15, -0.1) is 23.7 Å². The molecule has 2 amide bonds. The minimum atomic E-state index is -0.0561. The Kier molecular flexibility index (Phi) is 10.1. The third kappa shape index (κ3) is 7.81. The molecule has 0 radical (unpaired) electrons. The molecule has 1 aromatic rings.